The fourth-order valence-electron chi connectivity index (χ4n) is 3.46. The number of nitrogens with one attached hydrogen (secondary N) is 1. The zero-order valence-electron chi connectivity index (χ0n) is 10.0. The number of thiazole rings is 1. The molecule has 18 heavy (non-hydrogen) atoms. The van der Waals surface area contributed by atoms with Crippen LogP contribution in [-0.2, 0) is 0 Å². The third kappa shape index (κ3) is 1.82. The molecule has 0 amide bonds. The van der Waals surface area contributed by atoms with Crippen molar-refractivity contribution in [3.63, 3.8) is 0 Å². The number of fused-ring (bicyclic) bond motifs is 2. The average Bonchev–Trinajstić information content (AvgIpc) is 2.99. The van der Waals surface area contributed by atoms with E-state index >= 15 is 0 Å². The molecule has 1 unspecified atom stereocenters. The summed E-state index contributed by atoms with van der Waals surface area (Å²) in [7, 11) is 0. The van der Waals surface area contributed by atoms with Crippen LogP contribution < -0.4 is 5.32 Å². The molecule has 94 valence electrons. The minimum Gasteiger partial charge on any atom is -0.316 e. The molecule has 1 N–H and O–H groups in total. The lowest BCUT2D eigenvalue weighted by Crippen LogP contribution is -2.11. The number of rotatable bonds is 1. The highest BCUT2D eigenvalue weighted by Crippen LogP contribution is 2.45. The lowest BCUT2D eigenvalue weighted by Gasteiger charge is -2.06. The molecule has 1 aliphatic carbocycles. The zero-order valence-corrected chi connectivity index (χ0v) is 12.4. The largest absolute Gasteiger partial charge is 0.316 e. The molecule has 0 bridgehead atoms. The normalized spacial score (nSPS) is 31.1. The number of hydrogen-bond acceptors (Lipinski definition) is 3. The Morgan fingerprint density at radius 3 is 2.78 bits per heavy atom. The third-order valence-corrected chi connectivity index (χ3v) is 6.06. The quantitative estimate of drug-likeness (QED) is 0.864. The van der Waals surface area contributed by atoms with E-state index in [1.807, 2.05) is 11.3 Å². The number of aromatic nitrogens is 1. The second kappa shape index (κ2) is 4.29. The summed E-state index contributed by atoms with van der Waals surface area (Å²) in [5.41, 5.74) is 1.15. The zero-order chi connectivity index (χ0) is 12.1. The molecule has 1 saturated carbocycles. The van der Waals surface area contributed by atoms with Crippen LogP contribution in [-0.4, -0.2) is 18.1 Å². The van der Waals surface area contributed by atoms with Crippen molar-refractivity contribution in [2.45, 2.75) is 18.8 Å². The Bertz CT molecular complexity index is 582. The van der Waals surface area contributed by atoms with Crippen molar-refractivity contribution in [1.82, 2.24) is 10.3 Å². The second-order valence-electron chi connectivity index (χ2n) is 5.51. The van der Waals surface area contributed by atoms with Gasteiger partial charge >= 0.3 is 0 Å². The molecule has 1 saturated heterocycles. The molecule has 4 rings (SSSR count). The summed E-state index contributed by atoms with van der Waals surface area (Å²) >= 11 is 5.41. The molecular weight excluding hydrogens is 308 g/mol. The Balaban J connectivity index is 1.67. The summed E-state index contributed by atoms with van der Waals surface area (Å²) in [5, 5.41) is 4.87. The van der Waals surface area contributed by atoms with E-state index in [1.54, 1.807) is 0 Å². The van der Waals surface area contributed by atoms with Crippen LogP contribution in [0.3, 0.4) is 0 Å². The van der Waals surface area contributed by atoms with E-state index in [1.165, 1.54) is 35.6 Å². The van der Waals surface area contributed by atoms with Crippen molar-refractivity contribution in [2.75, 3.05) is 13.1 Å². The first-order valence-electron chi connectivity index (χ1n) is 6.56. The van der Waals surface area contributed by atoms with Crippen LogP contribution in [0.1, 0.15) is 23.8 Å². The molecule has 1 aliphatic heterocycles. The standard InChI is InChI=1S/C14H15BrN2S/c15-11-1-2-13-12(5-11)17-14(18-13)8-3-9-6-16-7-10(9)4-8/h1-2,5,8-10,16H,3-4,6-7H2/t8?,9-,10+. The summed E-state index contributed by atoms with van der Waals surface area (Å²) in [6, 6.07) is 6.42. The molecule has 0 radical (unpaired) electrons. The van der Waals surface area contributed by atoms with E-state index in [2.05, 4.69) is 39.4 Å². The Morgan fingerprint density at radius 2 is 2.00 bits per heavy atom. The van der Waals surface area contributed by atoms with Crippen molar-refractivity contribution in [2.24, 2.45) is 11.8 Å². The lowest BCUT2D eigenvalue weighted by atomic mass is 10.0. The summed E-state index contributed by atoms with van der Waals surface area (Å²) in [5.74, 6) is 2.50. The number of halogens is 1. The monoisotopic (exact) mass is 322 g/mol. The summed E-state index contributed by atoms with van der Waals surface area (Å²) in [4.78, 5) is 4.85. The van der Waals surface area contributed by atoms with Gasteiger partial charge in [0, 0.05) is 10.4 Å². The number of benzene rings is 1. The van der Waals surface area contributed by atoms with Crippen molar-refractivity contribution in [3.8, 4) is 0 Å². The predicted octanol–water partition coefficient (Wildman–Crippen LogP) is 3.77. The van der Waals surface area contributed by atoms with E-state index in [-0.39, 0.29) is 0 Å². The first-order chi connectivity index (χ1) is 8.79. The van der Waals surface area contributed by atoms with E-state index < -0.39 is 0 Å². The van der Waals surface area contributed by atoms with Crippen molar-refractivity contribution in [3.05, 3.63) is 27.7 Å². The van der Waals surface area contributed by atoms with Gasteiger partial charge in [-0.25, -0.2) is 4.98 Å². The topological polar surface area (TPSA) is 24.9 Å². The van der Waals surface area contributed by atoms with Gasteiger partial charge in [0.25, 0.3) is 0 Å². The van der Waals surface area contributed by atoms with Gasteiger partial charge in [0.05, 0.1) is 15.2 Å². The molecule has 3 atom stereocenters. The van der Waals surface area contributed by atoms with Crippen LogP contribution in [0.25, 0.3) is 10.2 Å². The van der Waals surface area contributed by atoms with Gasteiger partial charge < -0.3 is 5.32 Å². The highest BCUT2D eigenvalue weighted by molar-refractivity contribution is 9.10. The van der Waals surface area contributed by atoms with Gasteiger partial charge in [0.2, 0.25) is 0 Å². The van der Waals surface area contributed by atoms with Crippen molar-refractivity contribution in [1.29, 1.82) is 0 Å². The molecule has 2 heterocycles. The SMILES string of the molecule is Brc1ccc2sc(C3C[C@H]4CNC[C@H]4C3)nc2c1. The molecule has 2 nitrogen and oxygen atoms in total. The minimum atomic E-state index is 0.707. The first kappa shape index (κ1) is 11.4. The van der Waals surface area contributed by atoms with Crippen LogP contribution in [0.4, 0.5) is 0 Å². The number of nitrogens with zero attached hydrogens (tertiary/aromatic N) is 1. The molecular formula is C14H15BrN2S. The third-order valence-electron chi connectivity index (χ3n) is 4.37. The van der Waals surface area contributed by atoms with Gasteiger partial charge in [-0.2, -0.15) is 0 Å². The number of hydrogen-bond donors (Lipinski definition) is 1. The van der Waals surface area contributed by atoms with Crippen LogP contribution in [0.5, 0.6) is 0 Å². The molecule has 2 aromatic rings. The maximum absolute atomic E-state index is 4.85. The van der Waals surface area contributed by atoms with Crippen LogP contribution in [0.2, 0.25) is 0 Å². The predicted molar refractivity (Wildman–Crippen MR) is 79.1 cm³/mol. The van der Waals surface area contributed by atoms with E-state index in [0.717, 1.165) is 21.8 Å². The van der Waals surface area contributed by atoms with Gasteiger partial charge in [0.15, 0.2) is 0 Å². The van der Waals surface area contributed by atoms with Gasteiger partial charge in [0.1, 0.15) is 0 Å². The second-order valence-corrected chi connectivity index (χ2v) is 7.49. The van der Waals surface area contributed by atoms with Crippen LogP contribution in [0, 0.1) is 11.8 Å². The fourth-order valence-corrected chi connectivity index (χ4v) is 4.88. The Morgan fingerprint density at radius 1 is 1.22 bits per heavy atom. The molecule has 0 spiro atoms. The maximum Gasteiger partial charge on any atom is 0.0969 e. The minimum absolute atomic E-state index is 0.707. The molecule has 4 heteroatoms. The summed E-state index contributed by atoms with van der Waals surface area (Å²) in [6.07, 6.45) is 2.66. The smallest absolute Gasteiger partial charge is 0.0969 e. The molecule has 1 aromatic heterocycles. The maximum atomic E-state index is 4.85. The Hall–Kier alpha value is -0.450. The summed E-state index contributed by atoms with van der Waals surface area (Å²) in [6.45, 7) is 2.44. The Kier molecular flexibility index (Phi) is 2.71. The van der Waals surface area contributed by atoms with E-state index in [0.29, 0.717) is 5.92 Å². The Labute approximate surface area is 119 Å². The summed E-state index contributed by atoms with van der Waals surface area (Å²) < 4.78 is 2.45. The van der Waals surface area contributed by atoms with Gasteiger partial charge in [-0.05, 0) is 56.0 Å². The highest BCUT2D eigenvalue weighted by atomic mass is 79.9. The van der Waals surface area contributed by atoms with E-state index in [4.69, 9.17) is 4.98 Å². The van der Waals surface area contributed by atoms with Gasteiger partial charge in [-0.1, -0.05) is 15.9 Å². The lowest BCUT2D eigenvalue weighted by molar-refractivity contribution is 0.494. The fraction of sp³-hybridized carbons (Fsp3) is 0.500. The van der Waals surface area contributed by atoms with Crippen LogP contribution in [0.15, 0.2) is 22.7 Å². The molecule has 2 aliphatic rings. The highest BCUT2D eigenvalue weighted by Gasteiger charge is 2.38. The first-order valence-corrected chi connectivity index (χ1v) is 8.17. The van der Waals surface area contributed by atoms with Gasteiger partial charge in [-0.3, -0.25) is 0 Å². The molecule has 1 aromatic carbocycles. The van der Waals surface area contributed by atoms with Crippen LogP contribution >= 0.6 is 27.3 Å². The van der Waals surface area contributed by atoms with Crippen molar-refractivity contribution < 1.29 is 0 Å². The van der Waals surface area contributed by atoms with E-state index in [9.17, 15) is 0 Å². The van der Waals surface area contributed by atoms with Crippen molar-refractivity contribution >= 4 is 37.5 Å². The van der Waals surface area contributed by atoms with Gasteiger partial charge in [-0.15, -0.1) is 11.3 Å². The molecule has 2 fully saturated rings. The average molecular weight is 323 g/mol.